The van der Waals surface area contributed by atoms with E-state index >= 15 is 0 Å². The van der Waals surface area contributed by atoms with Crippen molar-refractivity contribution in [1.29, 1.82) is 0 Å². The Kier molecular flexibility index (Phi) is 4.00. The predicted octanol–water partition coefficient (Wildman–Crippen LogP) is 3.37. The molecule has 90 valence electrons. The highest BCUT2D eigenvalue weighted by Gasteiger charge is 2.22. The molecule has 1 aliphatic rings. The van der Waals surface area contributed by atoms with Crippen LogP contribution in [0.3, 0.4) is 0 Å². The summed E-state index contributed by atoms with van der Waals surface area (Å²) in [6.45, 7) is 0.683. The van der Waals surface area contributed by atoms with Crippen LogP contribution in [0.2, 0.25) is 0 Å². The quantitative estimate of drug-likeness (QED) is 0.783. The van der Waals surface area contributed by atoms with E-state index in [1.54, 1.807) is 0 Å². The Hall–Kier alpha value is -1.09. The Morgan fingerprint density at radius 3 is 2.47 bits per heavy atom. The Morgan fingerprint density at radius 2 is 1.88 bits per heavy atom. The topological polar surface area (TPSA) is 20.3 Å². The van der Waals surface area contributed by atoms with Gasteiger partial charge < -0.3 is 4.90 Å². The molecule has 0 bridgehead atoms. The molecule has 0 saturated heterocycles. The SMILES string of the molecule is CN(Cc1ccc(Br)cc1)C(=O)C1CC=CC1. The Labute approximate surface area is 110 Å². The van der Waals surface area contributed by atoms with Gasteiger partial charge in [0, 0.05) is 24.0 Å². The van der Waals surface area contributed by atoms with Gasteiger partial charge in [0.15, 0.2) is 0 Å². The van der Waals surface area contributed by atoms with E-state index in [0.29, 0.717) is 6.54 Å². The second-order valence-corrected chi connectivity index (χ2v) is 5.38. The van der Waals surface area contributed by atoms with Crippen molar-refractivity contribution < 1.29 is 4.79 Å². The van der Waals surface area contributed by atoms with Crippen LogP contribution in [0.1, 0.15) is 18.4 Å². The van der Waals surface area contributed by atoms with Crippen molar-refractivity contribution in [2.75, 3.05) is 7.05 Å². The summed E-state index contributed by atoms with van der Waals surface area (Å²) in [5.41, 5.74) is 1.16. The van der Waals surface area contributed by atoms with Gasteiger partial charge in [-0.15, -0.1) is 0 Å². The minimum Gasteiger partial charge on any atom is -0.341 e. The highest BCUT2D eigenvalue weighted by atomic mass is 79.9. The molecule has 0 N–H and O–H groups in total. The molecule has 0 radical (unpaired) electrons. The van der Waals surface area contributed by atoms with Crippen LogP contribution in [0.15, 0.2) is 40.9 Å². The number of carbonyl (C=O) groups excluding carboxylic acids is 1. The highest BCUT2D eigenvalue weighted by Crippen LogP contribution is 2.21. The molecule has 0 aliphatic heterocycles. The van der Waals surface area contributed by atoms with Gasteiger partial charge in [0.25, 0.3) is 0 Å². The van der Waals surface area contributed by atoms with Crippen LogP contribution in [-0.4, -0.2) is 17.9 Å². The molecule has 1 aromatic carbocycles. The first-order valence-electron chi connectivity index (χ1n) is 5.81. The number of hydrogen-bond acceptors (Lipinski definition) is 1. The highest BCUT2D eigenvalue weighted by molar-refractivity contribution is 9.10. The van der Waals surface area contributed by atoms with Crippen molar-refractivity contribution in [2.24, 2.45) is 5.92 Å². The molecular formula is C14H16BrNO. The zero-order valence-electron chi connectivity index (χ0n) is 9.90. The minimum absolute atomic E-state index is 0.162. The van der Waals surface area contributed by atoms with E-state index < -0.39 is 0 Å². The van der Waals surface area contributed by atoms with Gasteiger partial charge >= 0.3 is 0 Å². The van der Waals surface area contributed by atoms with E-state index in [1.807, 2.05) is 36.2 Å². The van der Waals surface area contributed by atoms with Gasteiger partial charge in [-0.2, -0.15) is 0 Å². The maximum absolute atomic E-state index is 12.1. The lowest BCUT2D eigenvalue weighted by molar-refractivity contribution is -0.134. The Balaban J connectivity index is 1.94. The molecule has 0 atom stereocenters. The van der Waals surface area contributed by atoms with Gasteiger partial charge in [-0.05, 0) is 30.5 Å². The lowest BCUT2D eigenvalue weighted by atomic mass is 10.1. The number of nitrogens with zero attached hydrogens (tertiary/aromatic N) is 1. The van der Waals surface area contributed by atoms with E-state index in [-0.39, 0.29) is 11.8 Å². The largest absolute Gasteiger partial charge is 0.341 e. The number of carbonyl (C=O) groups is 1. The van der Waals surface area contributed by atoms with Gasteiger partial charge in [-0.25, -0.2) is 0 Å². The summed E-state index contributed by atoms with van der Waals surface area (Å²) in [6, 6.07) is 8.09. The summed E-state index contributed by atoms with van der Waals surface area (Å²) in [6.07, 6.45) is 5.97. The number of allylic oxidation sites excluding steroid dienone is 2. The lowest BCUT2D eigenvalue weighted by Crippen LogP contribution is -2.31. The van der Waals surface area contributed by atoms with Crippen molar-refractivity contribution in [3.05, 3.63) is 46.5 Å². The van der Waals surface area contributed by atoms with Gasteiger partial charge in [-0.1, -0.05) is 40.2 Å². The van der Waals surface area contributed by atoms with Crippen LogP contribution in [0, 0.1) is 5.92 Å². The summed E-state index contributed by atoms with van der Waals surface area (Å²) in [5, 5.41) is 0. The van der Waals surface area contributed by atoms with E-state index in [2.05, 4.69) is 28.1 Å². The fraction of sp³-hybridized carbons (Fsp3) is 0.357. The first-order valence-corrected chi connectivity index (χ1v) is 6.60. The fourth-order valence-corrected chi connectivity index (χ4v) is 2.34. The molecule has 0 saturated carbocycles. The minimum atomic E-state index is 0.162. The third-order valence-corrected chi connectivity index (χ3v) is 3.59. The number of rotatable bonds is 3. The molecule has 0 spiro atoms. The number of benzene rings is 1. The van der Waals surface area contributed by atoms with Crippen LogP contribution >= 0.6 is 15.9 Å². The zero-order chi connectivity index (χ0) is 12.3. The maximum Gasteiger partial charge on any atom is 0.226 e. The zero-order valence-corrected chi connectivity index (χ0v) is 11.5. The molecule has 0 unspecified atom stereocenters. The lowest BCUT2D eigenvalue weighted by Gasteiger charge is -2.21. The van der Waals surface area contributed by atoms with Crippen molar-refractivity contribution >= 4 is 21.8 Å². The Bertz CT molecular complexity index is 416. The summed E-state index contributed by atoms with van der Waals surface area (Å²) in [7, 11) is 1.88. The number of hydrogen-bond donors (Lipinski definition) is 0. The molecule has 0 aromatic heterocycles. The molecule has 0 heterocycles. The van der Waals surface area contributed by atoms with E-state index in [1.165, 1.54) is 0 Å². The van der Waals surface area contributed by atoms with Gasteiger partial charge in [0.2, 0.25) is 5.91 Å². The fourth-order valence-electron chi connectivity index (χ4n) is 2.07. The van der Waals surface area contributed by atoms with Crippen molar-refractivity contribution in [1.82, 2.24) is 4.90 Å². The summed E-state index contributed by atoms with van der Waals surface area (Å²) in [4.78, 5) is 13.9. The van der Waals surface area contributed by atoms with E-state index in [9.17, 15) is 4.79 Å². The third kappa shape index (κ3) is 3.19. The number of amides is 1. The average molecular weight is 294 g/mol. The van der Waals surface area contributed by atoms with Crippen LogP contribution in [0.4, 0.5) is 0 Å². The van der Waals surface area contributed by atoms with Gasteiger partial charge in [-0.3, -0.25) is 4.79 Å². The van der Waals surface area contributed by atoms with Crippen LogP contribution < -0.4 is 0 Å². The average Bonchev–Trinajstić information content (AvgIpc) is 2.84. The summed E-state index contributed by atoms with van der Waals surface area (Å²) >= 11 is 3.41. The number of halogens is 1. The van der Waals surface area contributed by atoms with Crippen molar-refractivity contribution in [2.45, 2.75) is 19.4 Å². The Morgan fingerprint density at radius 1 is 1.29 bits per heavy atom. The molecule has 17 heavy (non-hydrogen) atoms. The van der Waals surface area contributed by atoms with Crippen LogP contribution in [0.25, 0.3) is 0 Å². The van der Waals surface area contributed by atoms with Crippen LogP contribution in [0.5, 0.6) is 0 Å². The summed E-state index contributed by atoms with van der Waals surface area (Å²) < 4.78 is 1.07. The smallest absolute Gasteiger partial charge is 0.226 e. The second kappa shape index (κ2) is 5.50. The van der Waals surface area contributed by atoms with Crippen LogP contribution in [-0.2, 0) is 11.3 Å². The maximum atomic E-state index is 12.1. The standard InChI is InChI=1S/C14H16BrNO/c1-16(14(17)12-4-2-3-5-12)10-11-6-8-13(15)9-7-11/h2-3,6-9,12H,4-5,10H2,1H3. The van der Waals surface area contributed by atoms with Crippen molar-refractivity contribution in [3.8, 4) is 0 Å². The molecule has 0 fully saturated rings. The monoisotopic (exact) mass is 293 g/mol. The second-order valence-electron chi connectivity index (χ2n) is 4.46. The predicted molar refractivity (Wildman–Crippen MR) is 72.5 cm³/mol. The van der Waals surface area contributed by atoms with Gasteiger partial charge in [0.05, 0.1) is 0 Å². The molecule has 2 rings (SSSR count). The molecular weight excluding hydrogens is 278 g/mol. The summed E-state index contributed by atoms with van der Waals surface area (Å²) in [5.74, 6) is 0.411. The molecule has 1 aliphatic carbocycles. The van der Waals surface area contributed by atoms with E-state index in [0.717, 1.165) is 22.9 Å². The van der Waals surface area contributed by atoms with Crippen molar-refractivity contribution in [3.63, 3.8) is 0 Å². The van der Waals surface area contributed by atoms with E-state index in [4.69, 9.17) is 0 Å². The molecule has 1 aromatic rings. The first kappa shape index (κ1) is 12.4. The first-order chi connectivity index (χ1) is 8.16. The van der Waals surface area contributed by atoms with Gasteiger partial charge in [0.1, 0.15) is 0 Å². The molecule has 3 heteroatoms. The third-order valence-electron chi connectivity index (χ3n) is 3.07. The normalized spacial score (nSPS) is 15.2. The molecule has 2 nitrogen and oxygen atoms in total. The molecule has 1 amide bonds.